The van der Waals surface area contributed by atoms with E-state index in [1.807, 2.05) is 12.1 Å². The summed E-state index contributed by atoms with van der Waals surface area (Å²) in [6.07, 6.45) is -0.576. The third kappa shape index (κ3) is 9.82. The van der Waals surface area contributed by atoms with Gasteiger partial charge in [0.2, 0.25) is 5.91 Å². The Kier molecular flexibility index (Phi) is 11.8. The normalized spacial score (nSPS) is 15.0. The van der Waals surface area contributed by atoms with Crippen molar-refractivity contribution in [1.82, 2.24) is 0 Å². The standard InChI is InChI=1S/C26H28F4N4O2.C8H11N/c1-15(13-22(33-2)26(28,29)30)24(36)34-21-14-19(9-10-20(21)27)25(32,12-11-16-3-4-16)18-7-5-17(6-8-18)23(31)35;1-7-3-2-4-8(5-7)6-9/h5-10,13-14,16H,3-4,11-12,32H2,1-2H3,(H2,31,35)(H,34,36);2-5H,6,9H2,1H3/b15-13+,33-22?;. The lowest BCUT2D eigenvalue weighted by atomic mass is 9.79. The minimum Gasteiger partial charge on any atom is -0.366 e. The molecule has 1 atom stereocenters. The minimum absolute atomic E-state index is 0.220. The Labute approximate surface area is 260 Å². The van der Waals surface area contributed by atoms with Gasteiger partial charge in [0.05, 0.1) is 11.2 Å². The maximum Gasteiger partial charge on any atom is 0.432 e. The number of nitrogens with zero attached hydrogens (tertiary/aromatic N) is 1. The van der Waals surface area contributed by atoms with Crippen molar-refractivity contribution in [2.24, 2.45) is 28.1 Å². The molecular formula is C34H39F4N5O2. The van der Waals surface area contributed by atoms with Gasteiger partial charge in [0.15, 0.2) is 0 Å². The molecule has 45 heavy (non-hydrogen) atoms. The maximum atomic E-state index is 14.6. The molecule has 0 saturated heterocycles. The monoisotopic (exact) mass is 625 g/mol. The van der Waals surface area contributed by atoms with Crippen LogP contribution in [0.1, 0.15) is 65.2 Å². The van der Waals surface area contributed by atoms with Crippen LogP contribution in [-0.2, 0) is 16.9 Å². The molecule has 0 aromatic heterocycles. The van der Waals surface area contributed by atoms with Crippen molar-refractivity contribution in [2.45, 2.75) is 57.8 Å². The Morgan fingerprint density at radius 2 is 1.67 bits per heavy atom. The molecular weight excluding hydrogens is 586 g/mol. The molecule has 1 saturated carbocycles. The second kappa shape index (κ2) is 15.1. The van der Waals surface area contributed by atoms with Crippen molar-refractivity contribution in [3.63, 3.8) is 0 Å². The SMILES string of the molecule is CN=C(/C=C(\C)C(=O)Nc1cc(C(N)(CCC2CC2)c2ccc(C(N)=O)cc2)ccc1F)C(F)(F)F.Cc1cccc(CN)c1. The van der Waals surface area contributed by atoms with Gasteiger partial charge in [-0.1, -0.05) is 60.9 Å². The third-order valence-electron chi connectivity index (χ3n) is 7.62. The van der Waals surface area contributed by atoms with Crippen LogP contribution in [-0.4, -0.2) is 30.8 Å². The van der Waals surface area contributed by atoms with Gasteiger partial charge in [0.1, 0.15) is 11.5 Å². The Hall–Kier alpha value is -4.35. The molecule has 0 spiro atoms. The molecule has 1 aliphatic carbocycles. The number of rotatable bonds is 10. The number of alkyl halides is 3. The van der Waals surface area contributed by atoms with E-state index in [9.17, 15) is 27.2 Å². The molecule has 3 aromatic carbocycles. The van der Waals surface area contributed by atoms with Crippen LogP contribution in [0.5, 0.6) is 0 Å². The average molecular weight is 626 g/mol. The van der Waals surface area contributed by atoms with Crippen LogP contribution in [0.2, 0.25) is 0 Å². The second-order valence-electron chi connectivity index (χ2n) is 11.2. The van der Waals surface area contributed by atoms with Crippen molar-refractivity contribution in [1.29, 1.82) is 0 Å². The van der Waals surface area contributed by atoms with Gasteiger partial charge >= 0.3 is 6.18 Å². The number of aliphatic imine (C=N–C) groups is 1. The summed E-state index contributed by atoms with van der Waals surface area (Å²) in [6.45, 7) is 3.89. The molecule has 2 amide bonds. The fourth-order valence-corrected chi connectivity index (χ4v) is 4.73. The Bertz CT molecular complexity index is 1560. The number of carbonyl (C=O) groups is 2. The molecule has 3 aromatic rings. The van der Waals surface area contributed by atoms with E-state index in [-0.39, 0.29) is 11.3 Å². The van der Waals surface area contributed by atoms with Crippen LogP contribution in [0.4, 0.5) is 23.2 Å². The van der Waals surface area contributed by atoms with E-state index in [0.29, 0.717) is 41.6 Å². The van der Waals surface area contributed by atoms with Crippen LogP contribution in [0.3, 0.4) is 0 Å². The van der Waals surface area contributed by atoms with Crippen LogP contribution in [0.25, 0.3) is 0 Å². The predicted octanol–water partition coefficient (Wildman–Crippen LogP) is 6.29. The Morgan fingerprint density at radius 3 is 2.18 bits per heavy atom. The van der Waals surface area contributed by atoms with Gasteiger partial charge in [-0.05, 0) is 79.6 Å². The first-order valence-electron chi connectivity index (χ1n) is 14.5. The Morgan fingerprint density at radius 1 is 1.02 bits per heavy atom. The van der Waals surface area contributed by atoms with Crippen LogP contribution >= 0.6 is 0 Å². The van der Waals surface area contributed by atoms with Crippen molar-refractivity contribution < 1.29 is 27.2 Å². The van der Waals surface area contributed by atoms with Gasteiger partial charge in [-0.25, -0.2) is 4.39 Å². The van der Waals surface area contributed by atoms with Crippen molar-refractivity contribution in [3.8, 4) is 0 Å². The second-order valence-corrected chi connectivity index (χ2v) is 11.2. The lowest BCUT2D eigenvalue weighted by molar-refractivity contribution is -0.112. The molecule has 0 bridgehead atoms. The van der Waals surface area contributed by atoms with Gasteiger partial charge in [-0.15, -0.1) is 0 Å². The van der Waals surface area contributed by atoms with Gasteiger partial charge < -0.3 is 22.5 Å². The van der Waals surface area contributed by atoms with Crippen LogP contribution < -0.4 is 22.5 Å². The number of nitrogens with two attached hydrogens (primary N) is 3. The number of amides is 2. The minimum atomic E-state index is -4.73. The lowest BCUT2D eigenvalue weighted by Crippen LogP contribution is -2.38. The molecule has 4 rings (SSSR count). The predicted molar refractivity (Wildman–Crippen MR) is 169 cm³/mol. The summed E-state index contributed by atoms with van der Waals surface area (Å²) in [5, 5.41) is 2.33. The van der Waals surface area contributed by atoms with Crippen molar-refractivity contribution in [2.75, 3.05) is 12.4 Å². The topological polar surface area (TPSA) is 137 Å². The quantitative estimate of drug-likeness (QED) is 0.120. The number of nitrogens with one attached hydrogen (secondary N) is 1. The smallest absolute Gasteiger partial charge is 0.366 e. The van der Waals surface area contributed by atoms with E-state index in [1.165, 1.54) is 30.2 Å². The molecule has 0 heterocycles. The van der Waals surface area contributed by atoms with E-state index < -0.39 is 35.1 Å². The summed E-state index contributed by atoms with van der Waals surface area (Å²) in [5.41, 5.74) is 18.8. The molecule has 11 heteroatoms. The van der Waals surface area contributed by atoms with E-state index in [0.717, 1.165) is 32.4 Å². The van der Waals surface area contributed by atoms with E-state index in [1.54, 1.807) is 24.3 Å². The van der Waals surface area contributed by atoms with Crippen LogP contribution in [0, 0.1) is 18.7 Å². The summed E-state index contributed by atoms with van der Waals surface area (Å²) < 4.78 is 53.6. The highest BCUT2D eigenvalue weighted by molar-refractivity contribution is 6.10. The van der Waals surface area contributed by atoms with Crippen molar-refractivity contribution in [3.05, 3.63) is 112 Å². The fourth-order valence-electron chi connectivity index (χ4n) is 4.73. The van der Waals surface area contributed by atoms with E-state index in [4.69, 9.17) is 17.2 Å². The number of anilines is 1. The summed E-state index contributed by atoms with van der Waals surface area (Å²) in [5.74, 6) is -1.72. The molecule has 7 nitrogen and oxygen atoms in total. The fraction of sp³-hybridized carbons (Fsp3) is 0.324. The first kappa shape index (κ1) is 35.1. The molecule has 1 unspecified atom stereocenters. The number of halogens is 4. The van der Waals surface area contributed by atoms with Gasteiger partial charge in [-0.2, -0.15) is 13.2 Å². The number of primary amides is 1. The zero-order valence-electron chi connectivity index (χ0n) is 25.5. The van der Waals surface area contributed by atoms with E-state index in [2.05, 4.69) is 29.4 Å². The molecule has 7 N–H and O–H groups in total. The highest BCUT2D eigenvalue weighted by Crippen LogP contribution is 2.40. The number of aryl methyl sites for hydroxylation is 1. The van der Waals surface area contributed by atoms with Crippen molar-refractivity contribution >= 4 is 23.2 Å². The first-order valence-corrected chi connectivity index (χ1v) is 14.5. The maximum absolute atomic E-state index is 14.6. The molecule has 1 aliphatic rings. The number of benzene rings is 3. The highest BCUT2D eigenvalue weighted by Gasteiger charge is 2.35. The highest BCUT2D eigenvalue weighted by atomic mass is 19.4. The lowest BCUT2D eigenvalue weighted by Gasteiger charge is -2.32. The summed E-state index contributed by atoms with van der Waals surface area (Å²) in [4.78, 5) is 27.2. The number of hydrogen-bond acceptors (Lipinski definition) is 5. The van der Waals surface area contributed by atoms with Gasteiger partial charge in [0, 0.05) is 24.7 Å². The number of allylic oxidation sites excluding steroid dienone is 1. The van der Waals surface area contributed by atoms with Crippen LogP contribution in [0.15, 0.2) is 83.4 Å². The number of hydrogen-bond donors (Lipinski definition) is 4. The molecule has 0 radical (unpaired) electrons. The molecule has 0 aliphatic heterocycles. The first-order chi connectivity index (χ1) is 21.2. The zero-order valence-corrected chi connectivity index (χ0v) is 25.5. The Balaban J connectivity index is 0.000000525. The van der Waals surface area contributed by atoms with E-state index >= 15 is 0 Å². The summed E-state index contributed by atoms with van der Waals surface area (Å²) in [6, 6.07) is 18.8. The summed E-state index contributed by atoms with van der Waals surface area (Å²) in [7, 11) is 0.964. The largest absolute Gasteiger partial charge is 0.432 e. The molecule has 1 fully saturated rings. The molecule has 240 valence electrons. The third-order valence-corrected chi connectivity index (χ3v) is 7.62. The summed E-state index contributed by atoms with van der Waals surface area (Å²) >= 11 is 0. The zero-order chi connectivity index (χ0) is 33.4. The average Bonchev–Trinajstić information content (AvgIpc) is 3.84. The number of carbonyl (C=O) groups excluding carboxylic acids is 2. The van der Waals surface area contributed by atoms with Gasteiger partial charge in [-0.3, -0.25) is 14.6 Å². The van der Waals surface area contributed by atoms with Gasteiger partial charge in [0.25, 0.3) is 5.91 Å².